The van der Waals surface area contributed by atoms with Gasteiger partial charge in [-0.3, -0.25) is 0 Å². The van der Waals surface area contributed by atoms with Gasteiger partial charge in [-0.15, -0.1) is 0 Å². The molecule has 1 aromatic carbocycles. The van der Waals surface area contributed by atoms with E-state index >= 15 is 0 Å². The average Bonchev–Trinajstić information content (AvgIpc) is 2.51. The molecule has 0 radical (unpaired) electrons. The van der Waals surface area contributed by atoms with Gasteiger partial charge in [0.05, 0.1) is 0 Å². The van der Waals surface area contributed by atoms with Gasteiger partial charge in [-0.25, -0.2) is 0 Å². The molecule has 0 saturated carbocycles. The van der Waals surface area contributed by atoms with Gasteiger partial charge < -0.3 is 9.47 Å². The first kappa shape index (κ1) is 16.1. The number of ether oxygens (including phenoxy) is 2. The minimum atomic E-state index is -0.0586. The maximum Gasteiger partial charge on any atom is 0.158 e. The Bertz CT molecular complexity index is 540. The predicted octanol–water partition coefficient (Wildman–Crippen LogP) is 4.12. The zero-order chi connectivity index (χ0) is 15.4. The summed E-state index contributed by atoms with van der Waals surface area (Å²) in [5, 5.41) is 0. The van der Waals surface area contributed by atoms with Gasteiger partial charge in [-0.05, 0) is 81.7 Å². The molecule has 0 aliphatic carbocycles. The second-order valence-electron chi connectivity index (χ2n) is 5.91. The van der Waals surface area contributed by atoms with E-state index in [1.165, 1.54) is 34.2 Å². The van der Waals surface area contributed by atoms with Crippen molar-refractivity contribution in [2.45, 2.75) is 60.2 Å². The van der Waals surface area contributed by atoms with Crippen molar-refractivity contribution < 1.29 is 9.47 Å². The van der Waals surface area contributed by atoms with Crippen molar-refractivity contribution in [2.75, 3.05) is 13.2 Å². The summed E-state index contributed by atoms with van der Waals surface area (Å²) in [6.45, 7) is 12.1. The maximum absolute atomic E-state index is 5.67. The highest BCUT2D eigenvalue weighted by Gasteiger charge is 2.13. The van der Waals surface area contributed by atoms with Crippen LogP contribution in [0.2, 0.25) is 0 Å². The van der Waals surface area contributed by atoms with Crippen molar-refractivity contribution in [2.24, 2.45) is 0 Å². The zero-order valence-electron chi connectivity index (χ0n) is 13.9. The molecule has 1 atom stereocenters. The van der Waals surface area contributed by atoms with Crippen molar-refractivity contribution in [1.29, 1.82) is 0 Å². The normalized spacial score (nSPS) is 18.2. The summed E-state index contributed by atoms with van der Waals surface area (Å²) in [5.74, 6) is 6.45. The fraction of sp³-hybridized carbons (Fsp3) is 0.579. The summed E-state index contributed by atoms with van der Waals surface area (Å²) in [5.41, 5.74) is 7.80. The number of benzene rings is 1. The van der Waals surface area contributed by atoms with Crippen molar-refractivity contribution in [3.05, 3.63) is 33.4 Å². The molecule has 2 nitrogen and oxygen atoms in total. The van der Waals surface area contributed by atoms with E-state index in [0.717, 1.165) is 25.0 Å². The van der Waals surface area contributed by atoms with Crippen LogP contribution in [0.25, 0.3) is 0 Å². The SMILES string of the molecule is Cc1c(C)c(C)c(C#CCO[C@@H]2CCCCO2)c(C)c1C. The first-order chi connectivity index (χ1) is 10.0. The first-order valence-electron chi connectivity index (χ1n) is 7.81. The maximum atomic E-state index is 5.67. The molecule has 1 aliphatic heterocycles. The number of rotatable bonds is 2. The molecule has 0 unspecified atom stereocenters. The van der Waals surface area contributed by atoms with Crippen LogP contribution < -0.4 is 0 Å². The molecule has 2 rings (SSSR count). The smallest absolute Gasteiger partial charge is 0.158 e. The lowest BCUT2D eigenvalue weighted by molar-refractivity contribution is -0.154. The molecule has 0 N–H and O–H groups in total. The van der Waals surface area contributed by atoms with Gasteiger partial charge in [0.15, 0.2) is 6.29 Å². The van der Waals surface area contributed by atoms with E-state index < -0.39 is 0 Å². The molecule has 2 heteroatoms. The second kappa shape index (κ2) is 7.11. The van der Waals surface area contributed by atoms with Gasteiger partial charge in [0.25, 0.3) is 0 Å². The molecule has 1 aromatic rings. The van der Waals surface area contributed by atoms with Crippen molar-refractivity contribution in [3.63, 3.8) is 0 Å². The highest BCUT2D eigenvalue weighted by molar-refractivity contribution is 5.56. The van der Waals surface area contributed by atoms with E-state index in [9.17, 15) is 0 Å². The van der Waals surface area contributed by atoms with Crippen molar-refractivity contribution in [3.8, 4) is 11.8 Å². The Morgan fingerprint density at radius 1 is 0.952 bits per heavy atom. The van der Waals surface area contributed by atoms with Gasteiger partial charge in [0.1, 0.15) is 6.61 Å². The van der Waals surface area contributed by atoms with Gasteiger partial charge in [0, 0.05) is 12.2 Å². The third kappa shape index (κ3) is 3.67. The lowest BCUT2D eigenvalue weighted by atomic mass is 9.90. The molecule has 21 heavy (non-hydrogen) atoms. The first-order valence-corrected chi connectivity index (χ1v) is 7.81. The van der Waals surface area contributed by atoms with E-state index in [4.69, 9.17) is 9.47 Å². The van der Waals surface area contributed by atoms with Crippen LogP contribution in [0.4, 0.5) is 0 Å². The highest BCUT2D eigenvalue weighted by atomic mass is 16.7. The molecule has 0 aromatic heterocycles. The van der Waals surface area contributed by atoms with E-state index in [2.05, 4.69) is 46.5 Å². The second-order valence-corrected chi connectivity index (χ2v) is 5.91. The van der Waals surface area contributed by atoms with Crippen LogP contribution >= 0.6 is 0 Å². The van der Waals surface area contributed by atoms with Gasteiger partial charge in [0.2, 0.25) is 0 Å². The Kier molecular flexibility index (Phi) is 5.45. The molecular weight excluding hydrogens is 260 g/mol. The van der Waals surface area contributed by atoms with Crippen LogP contribution in [0.1, 0.15) is 52.6 Å². The summed E-state index contributed by atoms with van der Waals surface area (Å²) in [6, 6.07) is 0. The largest absolute Gasteiger partial charge is 0.353 e. The monoisotopic (exact) mass is 286 g/mol. The summed E-state index contributed by atoms with van der Waals surface area (Å²) in [6.07, 6.45) is 3.26. The Hall–Kier alpha value is -1.30. The average molecular weight is 286 g/mol. The standard InChI is InChI=1S/C19H26O2/c1-13-14(2)16(4)18(17(5)15(13)3)9-8-12-21-19-10-6-7-11-20-19/h19H,6-7,10-12H2,1-5H3/t19-/m1/s1. The summed E-state index contributed by atoms with van der Waals surface area (Å²) >= 11 is 0. The van der Waals surface area contributed by atoms with Crippen molar-refractivity contribution in [1.82, 2.24) is 0 Å². The van der Waals surface area contributed by atoms with E-state index in [0.29, 0.717) is 6.61 Å². The summed E-state index contributed by atoms with van der Waals surface area (Å²) in [4.78, 5) is 0. The van der Waals surface area contributed by atoms with E-state index in [-0.39, 0.29) is 6.29 Å². The Balaban J connectivity index is 2.08. The number of hydrogen-bond donors (Lipinski definition) is 0. The fourth-order valence-electron chi connectivity index (χ4n) is 2.79. The van der Waals surface area contributed by atoms with E-state index in [1.54, 1.807) is 0 Å². The van der Waals surface area contributed by atoms with Gasteiger partial charge in [-0.2, -0.15) is 0 Å². The number of hydrogen-bond acceptors (Lipinski definition) is 2. The third-order valence-electron chi connectivity index (χ3n) is 4.69. The molecule has 1 aliphatic rings. The van der Waals surface area contributed by atoms with Gasteiger partial charge in [-0.1, -0.05) is 11.8 Å². The molecule has 114 valence electrons. The highest BCUT2D eigenvalue weighted by Crippen LogP contribution is 2.25. The zero-order valence-corrected chi connectivity index (χ0v) is 13.9. The molecule has 0 spiro atoms. The Morgan fingerprint density at radius 2 is 1.57 bits per heavy atom. The van der Waals surface area contributed by atoms with E-state index in [1.807, 2.05) is 0 Å². The van der Waals surface area contributed by atoms with Gasteiger partial charge >= 0.3 is 0 Å². The Labute approximate surface area is 128 Å². The minimum Gasteiger partial charge on any atom is -0.353 e. The molecule has 1 heterocycles. The molecule has 0 bridgehead atoms. The van der Waals surface area contributed by atoms with Crippen LogP contribution in [0.15, 0.2) is 0 Å². The topological polar surface area (TPSA) is 18.5 Å². The summed E-state index contributed by atoms with van der Waals surface area (Å²) in [7, 11) is 0. The molecular formula is C19H26O2. The minimum absolute atomic E-state index is 0.0586. The molecule has 1 saturated heterocycles. The lowest BCUT2D eigenvalue weighted by Crippen LogP contribution is -2.22. The third-order valence-corrected chi connectivity index (χ3v) is 4.69. The van der Waals surface area contributed by atoms with Crippen molar-refractivity contribution >= 4 is 0 Å². The van der Waals surface area contributed by atoms with Crippen LogP contribution in [0, 0.1) is 46.5 Å². The predicted molar refractivity (Wildman–Crippen MR) is 86.5 cm³/mol. The Morgan fingerprint density at radius 3 is 2.14 bits per heavy atom. The van der Waals surface area contributed by atoms with Crippen LogP contribution in [-0.4, -0.2) is 19.5 Å². The quantitative estimate of drug-likeness (QED) is 0.761. The summed E-state index contributed by atoms with van der Waals surface area (Å²) < 4.78 is 11.2. The lowest BCUT2D eigenvalue weighted by Gasteiger charge is -2.21. The van der Waals surface area contributed by atoms with Crippen LogP contribution in [-0.2, 0) is 9.47 Å². The fourth-order valence-corrected chi connectivity index (χ4v) is 2.79. The van der Waals surface area contributed by atoms with Crippen LogP contribution in [0.3, 0.4) is 0 Å². The van der Waals surface area contributed by atoms with Crippen LogP contribution in [0.5, 0.6) is 0 Å². The molecule has 0 amide bonds. The molecule has 1 fully saturated rings.